The molecule has 2 rings (SSSR count). The Balaban J connectivity index is 2.18. The number of nitrogens with two attached hydrogens (primary N) is 1. The molecule has 2 N–H and O–H groups in total. The first-order valence-electron chi connectivity index (χ1n) is 6.85. The summed E-state index contributed by atoms with van der Waals surface area (Å²) >= 11 is 0. The standard InChI is InChI=1S/C15H24N2O2/c1-11-9-12(16)7-8-17(11)10-13-14(18-2)5-4-6-15(13)19-3/h4-6,11-12H,7-10,16H2,1-3H3. The highest BCUT2D eigenvalue weighted by Gasteiger charge is 2.25. The highest BCUT2D eigenvalue weighted by atomic mass is 16.5. The maximum atomic E-state index is 6.02. The lowest BCUT2D eigenvalue weighted by molar-refractivity contribution is 0.137. The third-order valence-electron chi connectivity index (χ3n) is 3.95. The zero-order chi connectivity index (χ0) is 13.8. The van der Waals surface area contributed by atoms with E-state index in [1.54, 1.807) is 14.2 Å². The second-order valence-electron chi connectivity index (χ2n) is 5.25. The lowest BCUT2D eigenvalue weighted by Gasteiger charge is -2.36. The van der Waals surface area contributed by atoms with Gasteiger partial charge >= 0.3 is 0 Å². The van der Waals surface area contributed by atoms with Crippen LogP contribution in [0.3, 0.4) is 0 Å². The maximum absolute atomic E-state index is 6.02. The molecular weight excluding hydrogens is 240 g/mol. The summed E-state index contributed by atoms with van der Waals surface area (Å²) in [5, 5.41) is 0. The molecule has 0 amide bonds. The Kier molecular flexibility index (Phi) is 4.66. The van der Waals surface area contributed by atoms with Crippen LogP contribution in [0.25, 0.3) is 0 Å². The van der Waals surface area contributed by atoms with Crippen molar-refractivity contribution in [1.29, 1.82) is 0 Å². The van der Waals surface area contributed by atoms with Gasteiger partial charge in [-0.05, 0) is 31.9 Å². The van der Waals surface area contributed by atoms with Crippen molar-refractivity contribution in [2.45, 2.75) is 38.4 Å². The van der Waals surface area contributed by atoms with Crippen molar-refractivity contribution in [3.05, 3.63) is 23.8 Å². The number of ether oxygens (including phenoxy) is 2. The van der Waals surface area contributed by atoms with Gasteiger partial charge in [-0.3, -0.25) is 4.90 Å². The Labute approximate surface area is 115 Å². The fourth-order valence-corrected chi connectivity index (χ4v) is 2.78. The SMILES string of the molecule is COc1cccc(OC)c1CN1CCC(N)CC1C. The predicted octanol–water partition coefficient (Wildman–Crippen LogP) is 2.02. The van der Waals surface area contributed by atoms with Gasteiger partial charge in [0, 0.05) is 25.2 Å². The van der Waals surface area contributed by atoms with E-state index < -0.39 is 0 Å². The van der Waals surface area contributed by atoms with Gasteiger partial charge in [-0.15, -0.1) is 0 Å². The zero-order valence-electron chi connectivity index (χ0n) is 12.1. The van der Waals surface area contributed by atoms with Crippen molar-refractivity contribution in [2.75, 3.05) is 20.8 Å². The third-order valence-corrected chi connectivity index (χ3v) is 3.95. The monoisotopic (exact) mass is 264 g/mol. The van der Waals surface area contributed by atoms with Crippen molar-refractivity contribution in [2.24, 2.45) is 5.73 Å². The number of hydrogen-bond donors (Lipinski definition) is 1. The first-order valence-corrected chi connectivity index (χ1v) is 6.85. The Morgan fingerprint density at radius 1 is 1.26 bits per heavy atom. The average Bonchev–Trinajstić information content (AvgIpc) is 2.42. The average molecular weight is 264 g/mol. The van der Waals surface area contributed by atoms with Crippen LogP contribution in [0.4, 0.5) is 0 Å². The molecule has 0 aromatic heterocycles. The molecule has 1 aromatic rings. The Bertz CT molecular complexity index is 400. The van der Waals surface area contributed by atoms with E-state index in [2.05, 4.69) is 11.8 Å². The molecule has 106 valence electrons. The van der Waals surface area contributed by atoms with Crippen LogP contribution in [0.5, 0.6) is 11.5 Å². The number of hydrogen-bond acceptors (Lipinski definition) is 4. The Morgan fingerprint density at radius 2 is 1.89 bits per heavy atom. The summed E-state index contributed by atoms with van der Waals surface area (Å²) in [4.78, 5) is 2.45. The van der Waals surface area contributed by atoms with Gasteiger partial charge in [0.25, 0.3) is 0 Å². The van der Waals surface area contributed by atoms with Crippen molar-refractivity contribution in [3.8, 4) is 11.5 Å². The zero-order valence-corrected chi connectivity index (χ0v) is 12.1. The molecule has 0 spiro atoms. The highest BCUT2D eigenvalue weighted by molar-refractivity contribution is 5.44. The molecule has 4 nitrogen and oxygen atoms in total. The van der Waals surface area contributed by atoms with Gasteiger partial charge < -0.3 is 15.2 Å². The van der Waals surface area contributed by atoms with E-state index in [1.807, 2.05) is 18.2 Å². The van der Waals surface area contributed by atoms with Crippen molar-refractivity contribution >= 4 is 0 Å². The van der Waals surface area contributed by atoms with Gasteiger partial charge in [-0.2, -0.15) is 0 Å². The molecule has 1 heterocycles. The minimum atomic E-state index is 0.339. The van der Waals surface area contributed by atoms with E-state index in [4.69, 9.17) is 15.2 Å². The number of rotatable bonds is 4. The quantitative estimate of drug-likeness (QED) is 0.904. The Morgan fingerprint density at radius 3 is 2.42 bits per heavy atom. The molecule has 1 aromatic carbocycles. The minimum absolute atomic E-state index is 0.339. The number of benzene rings is 1. The van der Waals surface area contributed by atoms with Crippen LogP contribution in [0.15, 0.2) is 18.2 Å². The smallest absolute Gasteiger partial charge is 0.127 e. The predicted molar refractivity (Wildman–Crippen MR) is 76.6 cm³/mol. The first kappa shape index (κ1) is 14.2. The van der Waals surface area contributed by atoms with Crippen LogP contribution in [-0.4, -0.2) is 37.7 Å². The summed E-state index contributed by atoms with van der Waals surface area (Å²) in [5.74, 6) is 1.78. The van der Waals surface area contributed by atoms with Crippen LogP contribution in [0.1, 0.15) is 25.3 Å². The molecule has 0 aliphatic carbocycles. The van der Waals surface area contributed by atoms with E-state index in [1.165, 1.54) is 0 Å². The normalized spacial score (nSPS) is 24.2. The number of likely N-dealkylation sites (tertiary alicyclic amines) is 1. The molecule has 0 radical (unpaired) electrons. The van der Waals surface area contributed by atoms with Gasteiger partial charge in [-0.1, -0.05) is 6.07 Å². The van der Waals surface area contributed by atoms with Gasteiger partial charge in [0.05, 0.1) is 19.8 Å². The summed E-state index contributed by atoms with van der Waals surface area (Å²) < 4.78 is 10.9. The molecule has 4 heteroatoms. The van der Waals surface area contributed by atoms with Crippen molar-refractivity contribution in [1.82, 2.24) is 4.90 Å². The van der Waals surface area contributed by atoms with Crippen LogP contribution in [0, 0.1) is 0 Å². The van der Waals surface area contributed by atoms with Crippen molar-refractivity contribution < 1.29 is 9.47 Å². The fraction of sp³-hybridized carbons (Fsp3) is 0.600. The largest absolute Gasteiger partial charge is 0.496 e. The van der Waals surface area contributed by atoms with Gasteiger partial charge in [0.1, 0.15) is 11.5 Å². The minimum Gasteiger partial charge on any atom is -0.496 e. The fourth-order valence-electron chi connectivity index (χ4n) is 2.78. The highest BCUT2D eigenvalue weighted by Crippen LogP contribution is 2.31. The van der Waals surface area contributed by atoms with Gasteiger partial charge in [0.2, 0.25) is 0 Å². The summed E-state index contributed by atoms with van der Waals surface area (Å²) in [7, 11) is 3.40. The number of methoxy groups -OCH3 is 2. The lowest BCUT2D eigenvalue weighted by Crippen LogP contribution is -2.45. The van der Waals surface area contributed by atoms with E-state index in [9.17, 15) is 0 Å². The molecule has 1 aliphatic heterocycles. The molecule has 2 atom stereocenters. The summed E-state index contributed by atoms with van der Waals surface area (Å²) in [6.45, 7) is 4.12. The summed E-state index contributed by atoms with van der Waals surface area (Å²) in [6.07, 6.45) is 2.11. The molecular formula is C15H24N2O2. The number of piperidine rings is 1. The van der Waals surface area contributed by atoms with E-state index in [0.717, 1.165) is 43.0 Å². The third kappa shape index (κ3) is 3.19. The lowest BCUT2D eigenvalue weighted by atomic mass is 9.98. The topological polar surface area (TPSA) is 47.7 Å². The van der Waals surface area contributed by atoms with Crippen LogP contribution >= 0.6 is 0 Å². The molecule has 1 fully saturated rings. The molecule has 1 saturated heterocycles. The maximum Gasteiger partial charge on any atom is 0.127 e. The van der Waals surface area contributed by atoms with Gasteiger partial charge in [0.15, 0.2) is 0 Å². The molecule has 1 aliphatic rings. The van der Waals surface area contributed by atoms with Crippen molar-refractivity contribution in [3.63, 3.8) is 0 Å². The van der Waals surface area contributed by atoms with Crippen LogP contribution in [-0.2, 0) is 6.54 Å². The second-order valence-corrected chi connectivity index (χ2v) is 5.25. The summed E-state index contributed by atoms with van der Waals surface area (Å²) in [5.41, 5.74) is 7.14. The van der Waals surface area contributed by atoms with E-state index in [-0.39, 0.29) is 0 Å². The second kappa shape index (κ2) is 6.26. The first-order chi connectivity index (χ1) is 9.15. The van der Waals surface area contributed by atoms with Crippen LogP contribution in [0.2, 0.25) is 0 Å². The Hall–Kier alpha value is -1.26. The number of nitrogens with zero attached hydrogens (tertiary/aromatic N) is 1. The molecule has 2 unspecified atom stereocenters. The van der Waals surface area contributed by atoms with E-state index in [0.29, 0.717) is 12.1 Å². The van der Waals surface area contributed by atoms with Gasteiger partial charge in [-0.25, -0.2) is 0 Å². The van der Waals surface area contributed by atoms with E-state index >= 15 is 0 Å². The van der Waals surface area contributed by atoms with Crippen LogP contribution < -0.4 is 15.2 Å². The molecule has 19 heavy (non-hydrogen) atoms. The molecule has 0 bridgehead atoms. The summed E-state index contributed by atoms with van der Waals surface area (Å²) in [6, 6.07) is 6.76. The molecule has 0 saturated carbocycles.